The van der Waals surface area contributed by atoms with Gasteiger partial charge in [-0.15, -0.1) is 0 Å². The maximum absolute atomic E-state index is 12.4. The zero-order chi connectivity index (χ0) is 19.8. The highest BCUT2D eigenvalue weighted by Gasteiger charge is 2.22. The van der Waals surface area contributed by atoms with Crippen LogP contribution in [0.5, 0.6) is 11.6 Å². The van der Waals surface area contributed by atoms with Crippen molar-refractivity contribution in [3.8, 4) is 11.6 Å². The van der Waals surface area contributed by atoms with Gasteiger partial charge in [0.05, 0.1) is 12.3 Å². The van der Waals surface area contributed by atoms with Gasteiger partial charge >= 0.3 is 6.03 Å². The number of carbonyl (C=O) groups excluding carboxylic acids is 1. The molecule has 1 fully saturated rings. The lowest BCUT2D eigenvalue weighted by molar-refractivity contribution is 0.143. The number of rotatable bonds is 7. The number of urea groups is 1. The number of amides is 2. The van der Waals surface area contributed by atoms with Gasteiger partial charge in [0.15, 0.2) is 0 Å². The number of benzene rings is 1. The standard InChI is InChI=1S/C20H26N4O4/c1-27-12-13-28-19-7-6-16(14-21-19)15-22-20(26)24-10-8-23(9-11-24)17-4-2-3-5-18(17)25/h2-7,14,25H,8-13,15H2,1H3,(H,22,26). The number of aromatic hydroxyl groups is 1. The summed E-state index contributed by atoms with van der Waals surface area (Å²) >= 11 is 0. The van der Waals surface area contributed by atoms with E-state index in [1.165, 1.54) is 0 Å². The SMILES string of the molecule is COCCOc1ccc(CNC(=O)N2CCN(c3ccccc3O)CC2)cn1. The third kappa shape index (κ3) is 5.26. The smallest absolute Gasteiger partial charge is 0.317 e. The number of piperazine rings is 1. The molecule has 3 rings (SSSR count). The molecule has 1 aromatic heterocycles. The molecule has 1 aliphatic rings. The number of nitrogens with zero attached hydrogens (tertiary/aromatic N) is 3. The first-order valence-electron chi connectivity index (χ1n) is 9.30. The van der Waals surface area contributed by atoms with Crippen molar-refractivity contribution in [2.75, 3.05) is 51.4 Å². The maximum Gasteiger partial charge on any atom is 0.317 e. The molecule has 1 saturated heterocycles. The first kappa shape index (κ1) is 19.8. The minimum atomic E-state index is -0.0997. The maximum atomic E-state index is 12.4. The van der Waals surface area contributed by atoms with Crippen molar-refractivity contribution in [2.24, 2.45) is 0 Å². The molecule has 8 heteroatoms. The summed E-state index contributed by atoms with van der Waals surface area (Å²) in [5.74, 6) is 0.801. The summed E-state index contributed by atoms with van der Waals surface area (Å²) in [6.07, 6.45) is 1.69. The van der Waals surface area contributed by atoms with Gasteiger partial charge in [-0.05, 0) is 17.7 Å². The lowest BCUT2D eigenvalue weighted by Crippen LogP contribution is -2.51. The van der Waals surface area contributed by atoms with Crippen molar-refractivity contribution in [1.29, 1.82) is 0 Å². The Labute approximate surface area is 164 Å². The molecule has 2 amide bonds. The summed E-state index contributed by atoms with van der Waals surface area (Å²) < 4.78 is 10.4. The molecular weight excluding hydrogens is 360 g/mol. The molecule has 0 radical (unpaired) electrons. The summed E-state index contributed by atoms with van der Waals surface area (Å²) in [7, 11) is 1.62. The normalized spacial score (nSPS) is 14.0. The fourth-order valence-corrected chi connectivity index (χ4v) is 3.00. The minimum Gasteiger partial charge on any atom is -0.506 e. The molecule has 2 aromatic rings. The van der Waals surface area contributed by atoms with Crippen LogP contribution >= 0.6 is 0 Å². The number of hydrogen-bond donors (Lipinski definition) is 2. The predicted molar refractivity (Wildman–Crippen MR) is 106 cm³/mol. The Bertz CT molecular complexity index is 761. The molecule has 150 valence electrons. The first-order valence-corrected chi connectivity index (χ1v) is 9.30. The summed E-state index contributed by atoms with van der Waals surface area (Å²) in [4.78, 5) is 20.5. The van der Waals surface area contributed by atoms with E-state index in [1.54, 1.807) is 36.4 Å². The van der Waals surface area contributed by atoms with Crippen LogP contribution < -0.4 is 15.0 Å². The van der Waals surface area contributed by atoms with Crippen LogP contribution in [0.15, 0.2) is 42.6 Å². The number of para-hydroxylation sites is 2. The van der Waals surface area contributed by atoms with Gasteiger partial charge in [0.25, 0.3) is 0 Å². The summed E-state index contributed by atoms with van der Waals surface area (Å²) in [5, 5.41) is 12.9. The molecule has 8 nitrogen and oxygen atoms in total. The second-order valence-electron chi connectivity index (χ2n) is 6.47. The molecule has 1 aromatic carbocycles. The van der Waals surface area contributed by atoms with Crippen LogP contribution in [0.4, 0.5) is 10.5 Å². The largest absolute Gasteiger partial charge is 0.506 e. The van der Waals surface area contributed by atoms with E-state index in [2.05, 4.69) is 15.2 Å². The average Bonchev–Trinajstić information content (AvgIpc) is 2.74. The Morgan fingerprint density at radius 1 is 1.14 bits per heavy atom. The lowest BCUT2D eigenvalue weighted by Gasteiger charge is -2.36. The van der Waals surface area contributed by atoms with Gasteiger partial charge in [0, 0.05) is 52.1 Å². The third-order valence-electron chi connectivity index (χ3n) is 4.57. The molecule has 0 atom stereocenters. The molecule has 1 aliphatic heterocycles. The number of methoxy groups -OCH3 is 1. The highest BCUT2D eigenvalue weighted by molar-refractivity contribution is 5.74. The van der Waals surface area contributed by atoms with Crippen LogP contribution in [0.2, 0.25) is 0 Å². The quantitative estimate of drug-likeness (QED) is 0.706. The van der Waals surface area contributed by atoms with Gasteiger partial charge in [-0.1, -0.05) is 18.2 Å². The van der Waals surface area contributed by atoms with Crippen molar-refractivity contribution in [3.63, 3.8) is 0 Å². The van der Waals surface area contributed by atoms with Gasteiger partial charge in [0.2, 0.25) is 5.88 Å². The Hall–Kier alpha value is -3.00. The molecule has 0 spiro atoms. The zero-order valence-corrected chi connectivity index (χ0v) is 16.0. The number of phenolic OH excluding ortho intramolecular Hbond substituents is 1. The number of aromatic nitrogens is 1. The summed E-state index contributed by atoms with van der Waals surface area (Å²) in [6, 6.07) is 10.8. The molecule has 0 saturated carbocycles. The Morgan fingerprint density at radius 2 is 1.93 bits per heavy atom. The molecule has 0 bridgehead atoms. The number of anilines is 1. The van der Waals surface area contributed by atoms with Gasteiger partial charge < -0.3 is 29.7 Å². The van der Waals surface area contributed by atoms with Crippen LogP contribution in [0.25, 0.3) is 0 Å². The second kappa shape index (κ2) is 9.80. The zero-order valence-electron chi connectivity index (χ0n) is 16.0. The fraction of sp³-hybridized carbons (Fsp3) is 0.400. The van der Waals surface area contributed by atoms with E-state index in [1.807, 2.05) is 18.2 Å². The number of nitrogens with one attached hydrogen (secondary N) is 1. The van der Waals surface area contributed by atoms with Crippen molar-refractivity contribution < 1.29 is 19.4 Å². The molecule has 28 heavy (non-hydrogen) atoms. The average molecular weight is 386 g/mol. The molecule has 0 unspecified atom stereocenters. The van der Waals surface area contributed by atoms with E-state index < -0.39 is 0 Å². The lowest BCUT2D eigenvalue weighted by atomic mass is 10.2. The molecule has 2 heterocycles. The highest BCUT2D eigenvalue weighted by Crippen LogP contribution is 2.27. The highest BCUT2D eigenvalue weighted by atomic mass is 16.5. The number of hydrogen-bond acceptors (Lipinski definition) is 6. The van der Waals surface area contributed by atoms with Crippen LogP contribution in [-0.4, -0.2) is 67.5 Å². The monoisotopic (exact) mass is 386 g/mol. The molecule has 0 aliphatic carbocycles. The minimum absolute atomic E-state index is 0.0997. The summed E-state index contributed by atoms with van der Waals surface area (Å²) in [6.45, 7) is 3.93. The Kier molecular flexibility index (Phi) is 6.91. The van der Waals surface area contributed by atoms with Crippen molar-refractivity contribution in [3.05, 3.63) is 48.2 Å². The van der Waals surface area contributed by atoms with Crippen LogP contribution in [0.3, 0.4) is 0 Å². The van der Waals surface area contributed by atoms with E-state index in [0.29, 0.717) is 51.8 Å². The van der Waals surface area contributed by atoms with E-state index in [-0.39, 0.29) is 11.8 Å². The van der Waals surface area contributed by atoms with Gasteiger partial charge in [-0.2, -0.15) is 0 Å². The van der Waals surface area contributed by atoms with Crippen molar-refractivity contribution in [1.82, 2.24) is 15.2 Å². The van der Waals surface area contributed by atoms with Crippen molar-refractivity contribution >= 4 is 11.7 Å². The van der Waals surface area contributed by atoms with E-state index >= 15 is 0 Å². The van der Waals surface area contributed by atoms with Crippen LogP contribution in [0.1, 0.15) is 5.56 Å². The van der Waals surface area contributed by atoms with Crippen LogP contribution in [-0.2, 0) is 11.3 Å². The number of carbonyl (C=O) groups is 1. The fourth-order valence-electron chi connectivity index (χ4n) is 3.00. The second-order valence-corrected chi connectivity index (χ2v) is 6.47. The predicted octanol–water partition coefficient (Wildman–Crippen LogP) is 1.84. The topological polar surface area (TPSA) is 87.2 Å². The number of phenols is 1. The van der Waals surface area contributed by atoms with Gasteiger partial charge in [0.1, 0.15) is 12.4 Å². The molecular formula is C20H26N4O4. The molecule has 2 N–H and O–H groups in total. The Balaban J connectivity index is 1.43. The van der Waals surface area contributed by atoms with E-state index in [4.69, 9.17) is 9.47 Å². The third-order valence-corrected chi connectivity index (χ3v) is 4.57. The van der Waals surface area contributed by atoms with Crippen LogP contribution in [0, 0.1) is 0 Å². The van der Waals surface area contributed by atoms with Crippen molar-refractivity contribution in [2.45, 2.75) is 6.54 Å². The first-order chi connectivity index (χ1) is 13.7. The number of pyridine rings is 1. The van der Waals surface area contributed by atoms with Gasteiger partial charge in [-0.25, -0.2) is 9.78 Å². The van der Waals surface area contributed by atoms with Gasteiger partial charge in [-0.3, -0.25) is 0 Å². The number of ether oxygens (including phenoxy) is 2. The van der Waals surface area contributed by atoms with E-state index in [9.17, 15) is 9.90 Å². The van der Waals surface area contributed by atoms with E-state index in [0.717, 1.165) is 11.3 Å². The Morgan fingerprint density at radius 3 is 2.61 bits per heavy atom. The summed E-state index contributed by atoms with van der Waals surface area (Å²) in [5.41, 5.74) is 1.71.